The van der Waals surface area contributed by atoms with Crippen molar-refractivity contribution in [1.29, 1.82) is 0 Å². The molecule has 1 aliphatic rings. The van der Waals surface area contributed by atoms with Crippen LogP contribution in [0, 0.1) is 5.92 Å². The van der Waals surface area contributed by atoms with Gasteiger partial charge in [0.25, 0.3) is 16.0 Å². The molecule has 0 spiro atoms. The van der Waals surface area contributed by atoms with Crippen molar-refractivity contribution in [2.75, 3.05) is 5.75 Å². The molecular weight excluding hydrogens is 228 g/mol. The van der Waals surface area contributed by atoms with Gasteiger partial charge in [-0.1, -0.05) is 12.8 Å². The molecule has 1 fully saturated rings. The van der Waals surface area contributed by atoms with E-state index in [1.807, 2.05) is 0 Å². The molecule has 0 aromatic carbocycles. The Morgan fingerprint density at radius 1 is 1.40 bits per heavy atom. The van der Waals surface area contributed by atoms with Gasteiger partial charge in [0.1, 0.15) is 5.75 Å². The fourth-order valence-corrected chi connectivity index (χ4v) is 2.68. The van der Waals surface area contributed by atoms with E-state index in [9.17, 15) is 17.2 Å². The summed E-state index contributed by atoms with van der Waals surface area (Å²) in [5.74, 6) is -5.48. The molecule has 0 heterocycles. The van der Waals surface area contributed by atoms with E-state index in [-0.39, 0.29) is 5.92 Å². The van der Waals surface area contributed by atoms with E-state index in [1.54, 1.807) is 0 Å². The van der Waals surface area contributed by atoms with Crippen LogP contribution in [0.5, 0.6) is 0 Å². The quantitative estimate of drug-likeness (QED) is 0.722. The van der Waals surface area contributed by atoms with Crippen LogP contribution in [-0.2, 0) is 10.1 Å². The molecule has 90 valence electrons. The summed E-state index contributed by atoms with van der Waals surface area (Å²) < 4.78 is 55.8. The largest absolute Gasteiger partial charge is 0.322 e. The minimum atomic E-state index is -4.69. The topological polar surface area (TPSA) is 80.4 Å². The van der Waals surface area contributed by atoms with E-state index < -0.39 is 27.8 Å². The number of rotatable bonds is 4. The molecule has 15 heavy (non-hydrogen) atoms. The molecule has 0 radical (unpaired) electrons. The first-order valence-corrected chi connectivity index (χ1v) is 6.42. The van der Waals surface area contributed by atoms with Gasteiger partial charge in [0.2, 0.25) is 0 Å². The molecule has 0 unspecified atom stereocenters. The van der Waals surface area contributed by atoms with Gasteiger partial charge in [-0.25, -0.2) is 8.78 Å². The lowest BCUT2D eigenvalue weighted by Gasteiger charge is -2.27. The molecule has 4 nitrogen and oxygen atoms in total. The summed E-state index contributed by atoms with van der Waals surface area (Å²) in [5, 5.41) is 0. The van der Waals surface area contributed by atoms with Crippen LogP contribution < -0.4 is 5.73 Å². The second-order valence-corrected chi connectivity index (χ2v) is 5.51. The van der Waals surface area contributed by atoms with Crippen molar-refractivity contribution in [1.82, 2.24) is 0 Å². The predicted octanol–water partition coefficient (Wildman–Crippen LogP) is 1.03. The van der Waals surface area contributed by atoms with Crippen molar-refractivity contribution < 1.29 is 21.8 Å². The Balaban J connectivity index is 2.67. The standard InChI is InChI=1S/C8H15F2NO3S/c9-8(10,5-15(12,13)14)7(11)6-3-1-2-4-6/h6-7H,1-5,11H2,(H,12,13,14)/t7-/m0/s1. The van der Waals surface area contributed by atoms with E-state index >= 15 is 0 Å². The molecule has 1 saturated carbocycles. The zero-order valence-corrected chi connectivity index (χ0v) is 9.01. The van der Waals surface area contributed by atoms with Gasteiger partial charge in [0, 0.05) is 0 Å². The van der Waals surface area contributed by atoms with Gasteiger partial charge < -0.3 is 5.73 Å². The van der Waals surface area contributed by atoms with Crippen LogP contribution in [0.1, 0.15) is 25.7 Å². The molecule has 0 saturated heterocycles. The summed E-state index contributed by atoms with van der Waals surface area (Å²) in [4.78, 5) is 0. The maximum Gasteiger partial charge on any atom is 0.279 e. The van der Waals surface area contributed by atoms with E-state index in [2.05, 4.69) is 0 Å². The number of alkyl halides is 2. The Labute approximate surface area is 87.6 Å². The smallest absolute Gasteiger partial charge is 0.279 e. The SMILES string of the molecule is N[C@@H](C1CCCC1)C(F)(F)CS(=O)(=O)O. The Kier molecular flexibility index (Phi) is 3.67. The third-order valence-corrected chi connectivity index (χ3v) is 3.52. The third kappa shape index (κ3) is 3.66. The highest BCUT2D eigenvalue weighted by Gasteiger charge is 2.45. The maximum absolute atomic E-state index is 13.3. The molecule has 0 aliphatic heterocycles. The predicted molar refractivity (Wildman–Crippen MR) is 51.3 cm³/mol. The van der Waals surface area contributed by atoms with E-state index in [0.717, 1.165) is 12.8 Å². The van der Waals surface area contributed by atoms with Crippen LogP contribution in [0.4, 0.5) is 8.78 Å². The molecule has 0 aromatic rings. The molecule has 0 aromatic heterocycles. The zero-order valence-electron chi connectivity index (χ0n) is 8.20. The van der Waals surface area contributed by atoms with Crippen LogP contribution >= 0.6 is 0 Å². The molecule has 1 rings (SSSR count). The van der Waals surface area contributed by atoms with Crippen LogP contribution in [0.2, 0.25) is 0 Å². The fourth-order valence-electron chi connectivity index (χ4n) is 2.00. The lowest BCUT2D eigenvalue weighted by Crippen LogP contribution is -2.49. The molecule has 1 atom stereocenters. The van der Waals surface area contributed by atoms with Crippen molar-refractivity contribution in [2.45, 2.75) is 37.6 Å². The zero-order chi connectivity index (χ0) is 11.7. The maximum atomic E-state index is 13.3. The van der Waals surface area contributed by atoms with Gasteiger partial charge in [-0.05, 0) is 18.8 Å². The second-order valence-electron chi connectivity index (χ2n) is 4.06. The molecule has 1 aliphatic carbocycles. The van der Waals surface area contributed by atoms with Crippen LogP contribution in [-0.4, -0.2) is 30.7 Å². The van der Waals surface area contributed by atoms with E-state index in [4.69, 9.17) is 10.3 Å². The summed E-state index contributed by atoms with van der Waals surface area (Å²) in [6.45, 7) is 0. The van der Waals surface area contributed by atoms with Gasteiger partial charge >= 0.3 is 0 Å². The lowest BCUT2D eigenvalue weighted by molar-refractivity contribution is -0.0211. The fraction of sp³-hybridized carbons (Fsp3) is 1.00. The highest BCUT2D eigenvalue weighted by atomic mass is 32.2. The van der Waals surface area contributed by atoms with Gasteiger partial charge in [-0.3, -0.25) is 4.55 Å². The minimum absolute atomic E-state index is 0.346. The van der Waals surface area contributed by atoms with Crippen LogP contribution in [0.3, 0.4) is 0 Å². The first-order valence-electron chi connectivity index (χ1n) is 4.81. The monoisotopic (exact) mass is 243 g/mol. The van der Waals surface area contributed by atoms with Crippen molar-refractivity contribution in [3.8, 4) is 0 Å². The second kappa shape index (κ2) is 4.31. The van der Waals surface area contributed by atoms with Gasteiger partial charge in [-0.2, -0.15) is 8.42 Å². The number of hydrogen-bond acceptors (Lipinski definition) is 3. The number of hydrogen-bond donors (Lipinski definition) is 2. The molecule has 0 bridgehead atoms. The number of halogens is 2. The third-order valence-electron chi connectivity index (χ3n) is 2.77. The van der Waals surface area contributed by atoms with E-state index in [1.165, 1.54) is 0 Å². The Morgan fingerprint density at radius 3 is 2.27 bits per heavy atom. The summed E-state index contributed by atoms with van der Waals surface area (Å²) in [7, 11) is -4.69. The van der Waals surface area contributed by atoms with Crippen molar-refractivity contribution >= 4 is 10.1 Å². The lowest BCUT2D eigenvalue weighted by atomic mass is 9.94. The van der Waals surface area contributed by atoms with Gasteiger partial charge in [-0.15, -0.1) is 0 Å². The Morgan fingerprint density at radius 2 is 1.87 bits per heavy atom. The highest BCUT2D eigenvalue weighted by molar-refractivity contribution is 7.85. The first kappa shape index (κ1) is 12.8. The molecule has 3 N–H and O–H groups in total. The minimum Gasteiger partial charge on any atom is -0.322 e. The average Bonchev–Trinajstić information content (AvgIpc) is 2.49. The normalized spacial score (nSPS) is 21.9. The van der Waals surface area contributed by atoms with Gasteiger partial charge in [0.05, 0.1) is 6.04 Å². The molecular formula is C8H15F2NO3S. The average molecular weight is 243 g/mol. The van der Waals surface area contributed by atoms with E-state index in [0.29, 0.717) is 12.8 Å². The van der Waals surface area contributed by atoms with Crippen LogP contribution in [0.15, 0.2) is 0 Å². The first-order chi connectivity index (χ1) is 6.72. The Bertz CT molecular complexity index is 312. The molecule has 0 amide bonds. The van der Waals surface area contributed by atoms with Crippen molar-refractivity contribution in [3.63, 3.8) is 0 Å². The van der Waals surface area contributed by atoms with Crippen molar-refractivity contribution in [3.05, 3.63) is 0 Å². The summed E-state index contributed by atoms with van der Waals surface area (Å²) in [5.41, 5.74) is 5.34. The summed E-state index contributed by atoms with van der Waals surface area (Å²) in [6.07, 6.45) is 2.89. The van der Waals surface area contributed by atoms with Gasteiger partial charge in [0.15, 0.2) is 0 Å². The Hall–Kier alpha value is -0.270. The summed E-state index contributed by atoms with van der Waals surface area (Å²) >= 11 is 0. The van der Waals surface area contributed by atoms with Crippen molar-refractivity contribution in [2.24, 2.45) is 11.7 Å². The summed E-state index contributed by atoms with van der Waals surface area (Å²) in [6, 6.07) is -1.48. The molecule has 7 heteroatoms. The van der Waals surface area contributed by atoms with Crippen LogP contribution in [0.25, 0.3) is 0 Å². The number of nitrogens with two attached hydrogens (primary N) is 1. The highest BCUT2D eigenvalue weighted by Crippen LogP contribution is 2.34.